The molecule has 2 amide bonds. The van der Waals surface area contributed by atoms with Gasteiger partial charge in [-0.25, -0.2) is 19.2 Å². The van der Waals surface area contributed by atoms with Crippen molar-refractivity contribution in [2.45, 2.75) is 24.9 Å². The maximum atomic E-state index is 11.9. The first-order chi connectivity index (χ1) is 13.8. The number of hydrogen-bond donors (Lipinski definition) is 4. The van der Waals surface area contributed by atoms with Crippen molar-refractivity contribution in [1.82, 2.24) is 10.6 Å². The van der Waals surface area contributed by atoms with E-state index in [9.17, 15) is 29.4 Å². The van der Waals surface area contributed by atoms with Crippen molar-refractivity contribution in [2.75, 3.05) is 0 Å². The summed E-state index contributed by atoms with van der Waals surface area (Å²) in [6, 6.07) is 14.5. The standard InChI is InChI=1S/C20H20N2O7/c23-17(24)15(11-13-7-3-1-4-8-13)21-19(27)29-20(28)22-16(18(25)26)12-14-9-5-2-6-10-14/h1-10,15-16H,11-12H2,(H,21,27)(H,22,28)(H,23,24)(H,25,26). The molecule has 9 nitrogen and oxygen atoms in total. The van der Waals surface area contributed by atoms with Crippen LogP contribution in [0.2, 0.25) is 0 Å². The molecule has 2 rings (SSSR count). The van der Waals surface area contributed by atoms with Crippen LogP contribution in [0.3, 0.4) is 0 Å². The molecular formula is C20H20N2O7. The molecule has 0 aromatic heterocycles. The second kappa shape index (κ2) is 10.5. The van der Waals surface area contributed by atoms with Gasteiger partial charge in [0.2, 0.25) is 0 Å². The summed E-state index contributed by atoms with van der Waals surface area (Å²) in [6.07, 6.45) is -2.62. The van der Waals surface area contributed by atoms with E-state index in [1.807, 2.05) is 0 Å². The second-order valence-electron chi connectivity index (χ2n) is 6.13. The van der Waals surface area contributed by atoms with Crippen LogP contribution >= 0.6 is 0 Å². The van der Waals surface area contributed by atoms with Gasteiger partial charge in [0.15, 0.2) is 0 Å². The van der Waals surface area contributed by atoms with Crippen LogP contribution in [-0.4, -0.2) is 46.4 Å². The molecular weight excluding hydrogens is 380 g/mol. The monoisotopic (exact) mass is 400 g/mol. The lowest BCUT2D eigenvalue weighted by atomic mass is 10.1. The Morgan fingerprint density at radius 1 is 0.690 bits per heavy atom. The molecule has 2 aromatic carbocycles. The summed E-state index contributed by atoms with van der Waals surface area (Å²) in [5, 5.41) is 22.7. The SMILES string of the molecule is O=C(NC(Cc1ccccc1)C(=O)O)OC(=O)NC(Cc1ccccc1)C(=O)O. The van der Waals surface area contributed by atoms with Crippen LogP contribution in [0.1, 0.15) is 11.1 Å². The van der Waals surface area contributed by atoms with Crippen LogP contribution in [0.5, 0.6) is 0 Å². The number of carboxylic acids is 2. The number of benzene rings is 2. The molecule has 152 valence electrons. The number of rotatable bonds is 8. The number of carbonyl (C=O) groups excluding carboxylic acids is 2. The Morgan fingerprint density at radius 3 is 1.34 bits per heavy atom. The molecule has 0 heterocycles. The van der Waals surface area contributed by atoms with Crippen LogP contribution < -0.4 is 10.6 Å². The third-order valence-electron chi connectivity index (χ3n) is 3.93. The molecule has 9 heteroatoms. The van der Waals surface area contributed by atoms with Gasteiger partial charge in [-0.2, -0.15) is 0 Å². The minimum Gasteiger partial charge on any atom is -0.480 e. The topological polar surface area (TPSA) is 142 Å². The summed E-state index contributed by atoms with van der Waals surface area (Å²) < 4.78 is 4.46. The Bertz CT molecular complexity index is 784. The molecule has 2 aromatic rings. The van der Waals surface area contributed by atoms with Crippen LogP contribution in [0.4, 0.5) is 9.59 Å². The Hall–Kier alpha value is -3.88. The molecule has 0 fully saturated rings. The Labute approximate surface area is 166 Å². The molecule has 0 aliphatic rings. The van der Waals surface area contributed by atoms with Gasteiger partial charge in [0.25, 0.3) is 0 Å². The van der Waals surface area contributed by atoms with Gasteiger partial charge < -0.3 is 25.6 Å². The number of nitrogens with one attached hydrogen (secondary N) is 2. The van der Waals surface area contributed by atoms with E-state index in [4.69, 9.17) is 0 Å². The van der Waals surface area contributed by atoms with Crippen LogP contribution in [0.25, 0.3) is 0 Å². The second-order valence-corrected chi connectivity index (χ2v) is 6.13. The lowest BCUT2D eigenvalue weighted by Crippen LogP contribution is -2.47. The number of aliphatic carboxylic acids is 2. The van der Waals surface area contributed by atoms with Gasteiger partial charge in [-0.3, -0.25) is 0 Å². The average Bonchev–Trinajstić information content (AvgIpc) is 2.68. The third-order valence-corrected chi connectivity index (χ3v) is 3.93. The molecule has 2 unspecified atom stereocenters. The fourth-order valence-electron chi connectivity index (χ4n) is 2.53. The van der Waals surface area contributed by atoms with Gasteiger partial charge in [0.1, 0.15) is 12.1 Å². The molecule has 0 spiro atoms. The Balaban J connectivity index is 1.91. The fraction of sp³-hybridized carbons (Fsp3) is 0.200. The first-order valence-corrected chi connectivity index (χ1v) is 8.67. The van der Waals surface area contributed by atoms with Gasteiger partial charge in [-0.15, -0.1) is 0 Å². The largest absolute Gasteiger partial charge is 0.480 e. The minimum atomic E-state index is -1.32. The zero-order valence-corrected chi connectivity index (χ0v) is 15.3. The maximum absolute atomic E-state index is 11.9. The van der Waals surface area contributed by atoms with Crippen molar-refractivity contribution in [3.63, 3.8) is 0 Å². The molecule has 29 heavy (non-hydrogen) atoms. The highest BCUT2D eigenvalue weighted by molar-refractivity contribution is 5.88. The molecule has 0 aliphatic carbocycles. The van der Waals surface area contributed by atoms with Gasteiger partial charge in [0.05, 0.1) is 0 Å². The van der Waals surface area contributed by atoms with Crippen molar-refractivity contribution in [3.8, 4) is 0 Å². The van der Waals surface area contributed by atoms with Gasteiger partial charge in [-0.1, -0.05) is 60.7 Å². The highest BCUT2D eigenvalue weighted by Gasteiger charge is 2.25. The summed E-state index contributed by atoms with van der Waals surface area (Å²) >= 11 is 0. The first-order valence-electron chi connectivity index (χ1n) is 8.67. The minimum absolute atomic E-state index is 0.0152. The predicted octanol–water partition coefficient (Wildman–Crippen LogP) is 1.81. The van der Waals surface area contributed by atoms with Crippen molar-refractivity contribution in [2.24, 2.45) is 0 Å². The summed E-state index contributed by atoms with van der Waals surface area (Å²) in [7, 11) is 0. The molecule has 0 aliphatic heterocycles. The number of alkyl carbamates (subject to hydrolysis) is 2. The highest BCUT2D eigenvalue weighted by atomic mass is 16.6. The normalized spacial score (nSPS) is 12.3. The molecule has 0 saturated carbocycles. The number of carboxylic acid groups (broad SMARTS) is 2. The lowest BCUT2D eigenvalue weighted by molar-refractivity contribution is -0.140. The maximum Gasteiger partial charge on any atom is 0.416 e. The quantitative estimate of drug-likeness (QED) is 0.495. The van der Waals surface area contributed by atoms with E-state index in [-0.39, 0.29) is 12.8 Å². The number of ether oxygens (including phenoxy) is 1. The van der Waals surface area contributed by atoms with Crippen molar-refractivity contribution in [3.05, 3.63) is 71.8 Å². The fourth-order valence-corrected chi connectivity index (χ4v) is 2.53. The molecule has 0 radical (unpaired) electrons. The molecule has 4 N–H and O–H groups in total. The summed E-state index contributed by atoms with van der Waals surface area (Å²) in [6.45, 7) is 0. The Kier molecular flexibility index (Phi) is 7.72. The van der Waals surface area contributed by atoms with Crippen LogP contribution in [0.15, 0.2) is 60.7 Å². The smallest absolute Gasteiger partial charge is 0.416 e. The third kappa shape index (κ3) is 7.33. The summed E-state index contributed by atoms with van der Waals surface area (Å²) in [5.41, 5.74) is 1.33. The van der Waals surface area contributed by atoms with Crippen molar-refractivity contribution < 1.29 is 34.1 Å². The summed E-state index contributed by atoms with van der Waals surface area (Å²) in [4.78, 5) is 46.4. The summed E-state index contributed by atoms with van der Waals surface area (Å²) in [5.74, 6) is -2.61. The van der Waals surface area contributed by atoms with E-state index in [1.54, 1.807) is 60.7 Å². The Morgan fingerprint density at radius 2 is 1.03 bits per heavy atom. The first kappa shape index (κ1) is 21.4. The van der Waals surface area contributed by atoms with Gasteiger partial charge in [0, 0.05) is 12.8 Å². The number of hydrogen-bond acceptors (Lipinski definition) is 5. The molecule has 0 bridgehead atoms. The molecule has 2 atom stereocenters. The van der Waals surface area contributed by atoms with Crippen LogP contribution in [-0.2, 0) is 27.2 Å². The van der Waals surface area contributed by atoms with E-state index in [0.29, 0.717) is 11.1 Å². The van der Waals surface area contributed by atoms with E-state index in [2.05, 4.69) is 15.4 Å². The lowest BCUT2D eigenvalue weighted by Gasteiger charge is -2.16. The number of amides is 2. The van der Waals surface area contributed by atoms with Gasteiger partial charge >= 0.3 is 24.1 Å². The highest BCUT2D eigenvalue weighted by Crippen LogP contribution is 2.05. The van der Waals surface area contributed by atoms with Crippen molar-refractivity contribution in [1.29, 1.82) is 0 Å². The zero-order chi connectivity index (χ0) is 21.2. The van der Waals surface area contributed by atoms with Gasteiger partial charge in [-0.05, 0) is 11.1 Å². The zero-order valence-electron chi connectivity index (χ0n) is 15.3. The number of carbonyl (C=O) groups is 4. The molecule has 0 saturated heterocycles. The van der Waals surface area contributed by atoms with Crippen LogP contribution in [0, 0.1) is 0 Å². The van der Waals surface area contributed by atoms with E-state index >= 15 is 0 Å². The average molecular weight is 400 g/mol. The van der Waals surface area contributed by atoms with E-state index < -0.39 is 36.2 Å². The van der Waals surface area contributed by atoms with E-state index in [0.717, 1.165) is 0 Å². The van der Waals surface area contributed by atoms with E-state index in [1.165, 1.54) is 0 Å². The van der Waals surface area contributed by atoms with Crippen molar-refractivity contribution >= 4 is 24.1 Å². The predicted molar refractivity (Wildman–Crippen MR) is 101 cm³/mol.